The minimum Gasteiger partial charge on any atom is -1.00 e. The number of hydrogen-bond acceptors (Lipinski definition) is 1. The quantitative estimate of drug-likeness (QED) is 0.514. The van der Waals surface area contributed by atoms with E-state index in [0.717, 1.165) is 19.3 Å². The van der Waals surface area contributed by atoms with Crippen molar-refractivity contribution in [2.45, 2.75) is 47.0 Å². The van der Waals surface area contributed by atoms with Crippen molar-refractivity contribution in [1.82, 2.24) is 0 Å². The summed E-state index contributed by atoms with van der Waals surface area (Å²) >= 11 is 0. The molecule has 0 fully saturated rings. The van der Waals surface area contributed by atoms with E-state index in [4.69, 9.17) is 0 Å². The summed E-state index contributed by atoms with van der Waals surface area (Å²) in [6.07, 6.45) is 2.90. The van der Waals surface area contributed by atoms with Gasteiger partial charge >= 0.3 is 18.9 Å². The van der Waals surface area contributed by atoms with Crippen LogP contribution in [-0.2, 0) is 4.79 Å². The minimum absolute atomic E-state index is 0. The predicted octanol–water partition coefficient (Wildman–Crippen LogP) is -0.0917. The molecule has 0 bridgehead atoms. The van der Waals surface area contributed by atoms with Crippen molar-refractivity contribution in [3.63, 3.8) is 0 Å². The third-order valence-corrected chi connectivity index (χ3v) is 1.59. The van der Waals surface area contributed by atoms with Gasteiger partial charge in [0.25, 0.3) is 0 Å². The molecule has 2 heteroatoms. The maximum absolute atomic E-state index is 11.2. The van der Waals surface area contributed by atoms with Gasteiger partial charge in [0, 0.05) is 11.8 Å². The standard InChI is InChI=1S/C9H18O.Li.H/c1-5-6-7-8(10)9(2,3)4;;/h5-7H2,1-4H3;;/q;+1;-1. The molecular weight excluding hydrogens is 131 g/mol. The number of ketones is 1. The Bertz CT molecular complexity index is 118. The SMILES string of the molecule is CCCCC(=O)C(C)(C)C.[H-].[Li+]. The van der Waals surface area contributed by atoms with Gasteiger partial charge < -0.3 is 1.43 Å². The second kappa shape index (κ2) is 5.86. The van der Waals surface area contributed by atoms with E-state index >= 15 is 0 Å². The van der Waals surface area contributed by atoms with Crippen LogP contribution in [0.5, 0.6) is 0 Å². The first kappa shape index (κ1) is 13.8. The van der Waals surface area contributed by atoms with Crippen LogP contribution in [-0.4, -0.2) is 5.78 Å². The van der Waals surface area contributed by atoms with Crippen LogP contribution in [0.15, 0.2) is 0 Å². The summed E-state index contributed by atoms with van der Waals surface area (Å²) in [4.78, 5) is 11.2. The molecule has 0 unspecified atom stereocenters. The largest absolute Gasteiger partial charge is 1.00 e. The van der Waals surface area contributed by atoms with Gasteiger partial charge in [0.1, 0.15) is 5.78 Å². The zero-order valence-corrected chi connectivity index (χ0v) is 8.53. The maximum Gasteiger partial charge on any atom is 1.00 e. The van der Waals surface area contributed by atoms with Crippen LogP contribution >= 0.6 is 0 Å². The first-order valence-electron chi connectivity index (χ1n) is 4.01. The molecule has 0 spiro atoms. The number of unbranched alkanes of at least 4 members (excludes halogenated alkanes) is 1. The third kappa shape index (κ3) is 6.66. The third-order valence-electron chi connectivity index (χ3n) is 1.59. The molecule has 0 saturated heterocycles. The zero-order chi connectivity index (χ0) is 8.20. The summed E-state index contributed by atoms with van der Waals surface area (Å²) in [5.41, 5.74) is -0.130. The molecule has 0 aliphatic carbocycles. The Morgan fingerprint density at radius 1 is 1.36 bits per heavy atom. The van der Waals surface area contributed by atoms with Gasteiger partial charge in [0.2, 0.25) is 0 Å². The molecule has 0 amide bonds. The van der Waals surface area contributed by atoms with E-state index in [1.807, 2.05) is 20.8 Å². The van der Waals surface area contributed by atoms with E-state index < -0.39 is 0 Å². The summed E-state index contributed by atoms with van der Waals surface area (Å²) in [6.45, 7) is 8.04. The van der Waals surface area contributed by atoms with Crippen LogP contribution in [0.1, 0.15) is 48.4 Å². The van der Waals surface area contributed by atoms with Crippen molar-refractivity contribution in [3.8, 4) is 0 Å². The molecule has 0 heterocycles. The Hall–Kier alpha value is 0.267. The van der Waals surface area contributed by atoms with E-state index in [2.05, 4.69) is 6.92 Å². The summed E-state index contributed by atoms with van der Waals surface area (Å²) in [7, 11) is 0. The van der Waals surface area contributed by atoms with Gasteiger partial charge in [-0.15, -0.1) is 0 Å². The second-order valence-electron chi connectivity index (χ2n) is 3.78. The van der Waals surface area contributed by atoms with Crippen molar-refractivity contribution in [1.29, 1.82) is 0 Å². The average Bonchev–Trinajstić information content (AvgIpc) is 1.80. The van der Waals surface area contributed by atoms with Crippen LogP contribution in [0, 0.1) is 5.41 Å². The molecule has 11 heavy (non-hydrogen) atoms. The fourth-order valence-electron chi connectivity index (χ4n) is 0.712. The van der Waals surface area contributed by atoms with Crippen molar-refractivity contribution >= 4 is 5.78 Å². The molecule has 0 aliphatic rings. The van der Waals surface area contributed by atoms with Gasteiger partial charge in [-0.05, 0) is 6.42 Å². The van der Waals surface area contributed by atoms with Gasteiger partial charge in [-0.25, -0.2) is 0 Å². The summed E-state index contributed by atoms with van der Waals surface area (Å²) in [6, 6.07) is 0. The molecule has 0 rings (SSSR count). The molecule has 0 N–H and O–H groups in total. The smallest absolute Gasteiger partial charge is 1.00 e. The molecule has 0 radical (unpaired) electrons. The monoisotopic (exact) mass is 150 g/mol. The number of rotatable bonds is 3. The van der Waals surface area contributed by atoms with Gasteiger partial charge in [-0.1, -0.05) is 34.1 Å². The molecule has 62 valence electrons. The fraction of sp³-hybridized carbons (Fsp3) is 0.889. The van der Waals surface area contributed by atoms with Crippen molar-refractivity contribution in [3.05, 3.63) is 0 Å². The predicted molar refractivity (Wildman–Crippen MR) is 45.1 cm³/mol. The Balaban J connectivity index is -0.000000405. The van der Waals surface area contributed by atoms with Crippen molar-refractivity contribution in [2.75, 3.05) is 0 Å². The first-order valence-corrected chi connectivity index (χ1v) is 4.01. The van der Waals surface area contributed by atoms with Crippen LogP contribution < -0.4 is 18.9 Å². The van der Waals surface area contributed by atoms with E-state index in [0.29, 0.717) is 5.78 Å². The Labute approximate surface area is 83.6 Å². The van der Waals surface area contributed by atoms with Gasteiger partial charge in [-0.3, -0.25) is 4.79 Å². The maximum atomic E-state index is 11.2. The second-order valence-corrected chi connectivity index (χ2v) is 3.78. The minimum atomic E-state index is -0.130. The summed E-state index contributed by atoms with van der Waals surface area (Å²) < 4.78 is 0. The Morgan fingerprint density at radius 3 is 2.09 bits per heavy atom. The summed E-state index contributed by atoms with van der Waals surface area (Å²) in [5, 5.41) is 0. The molecule has 0 atom stereocenters. The molecule has 1 nitrogen and oxygen atoms in total. The van der Waals surface area contributed by atoms with Crippen molar-refractivity contribution < 1.29 is 25.1 Å². The molecule has 0 aromatic heterocycles. The van der Waals surface area contributed by atoms with Crippen LogP contribution in [0.3, 0.4) is 0 Å². The van der Waals surface area contributed by atoms with E-state index in [9.17, 15) is 4.79 Å². The first-order chi connectivity index (χ1) is 4.48. The molecule has 0 aromatic carbocycles. The van der Waals surface area contributed by atoms with Crippen molar-refractivity contribution in [2.24, 2.45) is 5.41 Å². The topological polar surface area (TPSA) is 17.1 Å². The van der Waals surface area contributed by atoms with E-state index in [1.54, 1.807) is 0 Å². The van der Waals surface area contributed by atoms with Crippen LogP contribution in [0.4, 0.5) is 0 Å². The Morgan fingerprint density at radius 2 is 1.82 bits per heavy atom. The zero-order valence-electron chi connectivity index (χ0n) is 9.53. The molecular formula is C9H19LiO. The Kier molecular flexibility index (Phi) is 7.37. The average molecular weight is 150 g/mol. The summed E-state index contributed by atoms with van der Waals surface area (Å²) in [5.74, 6) is 0.384. The number of carbonyl (C=O) groups excluding carboxylic acids is 1. The van der Waals surface area contributed by atoms with E-state index in [1.165, 1.54) is 0 Å². The molecule has 0 aromatic rings. The van der Waals surface area contributed by atoms with Crippen LogP contribution in [0.25, 0.3) is 0 Å². The van der Waals surface area contributed by atoms with E-state index in [-0.39, 0.29) is 25.7 Å². The van der Waals surface area contributed by atoms with Crippen LogP contribution in [0.2, 0.25) is 0 Å². The van der Waals surface area contributed by atoms with Gasteiger partial charge in [0.05, 0.1) is 0 Å². The fourth-order valence-corrected chi connectivity index (χ4v) is 0.712. The normalized spacial score (nSPS) is 10.5. The van der Waals surface area contributed by atoms with Gasteiger partial charge in [0.15, 0.2) is 0 Å². The molecule has 0 aliphatic heterocycles. The number of Topliss-reactive ketones (excluding diaryl/α,β-unsaturated/α-hetero) is 1. The number of hydrogen-bond donors (Lipinski definition) is 0. The van der Waals surface area contributed by atoms with Gasteiger partial charge in [-0.2, -0.15) is 0 Å². The molecule has 0 saturated carbocycles. The number of carbonyl (C=O) groups is 1.